The number of hydrogen-bond acceptors (Lipinski definition) is 11. The molecule has 13 heteroatoms. The van der Waals surface area contributed by atoms with Crippen LogP contribution in [0.3, 0.4) is 0 Å². The number of esters is 1. The monoisotopic (exact) mass is 567 g/mol. The summed E-state index contributed by atoms with van der Waals surface area (Å²) in [5.74, 6) is -1.67. The van der Waals surface area contributed by atoms with Crippen molar-refractivity contribution >= 4 is 17.8 Å². The SMILES string of the molecule is CCCCC(CC)C(=O)OCCOCCOCCOCCOCCOCCOCCNC(=O)COCC(=O)O. The summed E-state index contributed by atoms with van der Waals surface area (Å²) >= 11 is 0. The summed E-state index contributed by atoms with van der Waals surface area (Å²) in [6.45, 7) is 8.91. The number of unbranched alkanes of at least 4 members (excludes halogenated alkanes) is 1. The zero-order valence-electron chi connectivity index (χ0n) is 23.7. The molecule has 1 amide bonds. The fourth-order valence-electron chi connectivity index (χ4n) is 3.00. The summed E-state index contributed by atoms with van der Waals surface area (Å²) in [5, 5.41) is 10.9. The van der Waals surface area contributed by atoms with Gasteiger partial charge >= 0.3 is 11.9 Å². The van der Waals surface area contributed by atoms with Gasteiger partial charge in [0.15, 0.2) is 0 Å². The minimum absolute atomic E-state index is 0.0136. The third kappa shape index (κ3) is 27.5. The molecule has 13 nitrogen and oxygen atoms in total. The zero-order valence-corrected chi connectivity index (χ0v) is 23.7. The summed E-state index contributed by atoms with van der Waals surface area (Å²) in [5.41, 5.74) is 0. The van der Waals surface area contributed by atoms with Gasteiger partial charge in [-0.25, -0.2) is 4.79 Å². The molecule has 0 radical (unpaired) electrons. The summed E-state index contributed by atoms with van der Waals surface area (Å²) < 4.78 is 42.3. The van der Waals surface area contributed by atoms with Gasteiger partial charge in [-0.3, -0.25) is 9.59 Å². The van der Waals surface area contributed by atoms with Gasteiger partial charge in [0.2, 0.25) is 5.91 Å². The smallest absolute Gasteiger partial charge is 0.329 e. The van der Waals surface area contributed by atoms with Crippen molar-refractivity contribution in [2.24, 2.45) is 5.92 Å². The topological polar surface area (TPSA) is 157 Å². The normalized spacial score (nSPS) is 11.8. The van der Waals surface area contributed by atoms with Crippen molar-refractivity contribution in [2.75, 3.05) is 106 Å². The van der Waals surface area contributed by atoms with Crippen molar-refractivity contribution in [3.63, 3.8) is 0 Å². The van der Waals surface area contributed by atoms with E-state index in [9.17, 15) is 14.4 Å². The molecule has 230 valence electrons. The van der Waals surface area contributed by atoms with E-state index in [4.69, 9.17) is 38.3 Å². The van der Waals surface area contributed by atoms with E-state index in [1.165, 1.54) is 0 Å². The summed E-state index contributed by atoms with van der Waals surface area (Å²) in [4.78, 5) is 33.6. The van der Waals surface area contributed by atoms with Crippen LogP contribution in [0.25, 0.3) is 0 Å². The number of carbonyl (C=O) groups is 3. The molecular formula is C26H49NO12. The number of hydrogen-bond donors (Lipinski definition) is 2. The van der Waals surface area contributed by atoms with Crippen LogP contribution in [0.15, 0.2) is 0 Å². The molecule has 0 aliphatic heterocycles. The van der Waals surface area contributed by atoms with Gasteiger partial charge < -0.3 is 48.3 Å². The van der Waals surface area contributed by atoms with Gasteiger partial charge in [-0.15, -0.1) is 0 Å². The highest BCUT2D eigenvalue weighted by Gasteiger charge is 2.16. The molecule has 0 bridgehead atoms. The Balaban J connectivity index is 3.23. The van der Waals surface area contributed by atoms with E-state index >= 15 is 0 Å². The second kappa shape index (κ2) is 29.1. The van der Waals surface area contributed by atoms with Gasteiger partial charge in [0.25, 0.3) is 0 Å². The first-order valence-electron chi connectivity index (χ1n) is 13.7. The molecular weight excluding hydrogens is 518 g/mol. The van der Waals surface area contributed by atoms with Gasteiger partial charge in [0.1, 0.15) is 19.8 Å². The molecule has 0 saturated heterocycles. The standard InChI is InChI=1S/C26H49NO12/c1-3-5-6-23(4-2)26(31)39-20-19-37-18-17-36-16-15-35-14-13-34-12-11-33-10-9-32-8-7-27-24(28)21-38-22-25(29)30/h23H,3-22H2,1-2H3,(H,27,28)(H,29,30). The Hall–Kier alpha value is -1.87. The molecule has 0 fully saturated rings. The first-order chi connectivity index (χ1) is 19.0. The molecule has 1 atom stereocenters. The lowest BCUT2D eigenvalue weighted by Gasteiger charge is -2.13. The highest BCUT2D eigenvalue weighted by molar-refractivity contribution is 5.77. The van der Waals surface area contributed by atoms with Gasteiger partial charge in [-0.05, 0) is 12.8 Å². The molecule has 0 aliphatic rings. The summed E-state index contributed by atoms with van der Waals surface area (Å²) in [6, 6.07) is 0. The van der Waals surface area contributed by atoms with E-state index in [2.05, 4.69) is 17.0 Å². The Labute approximate surface area is 232 Å². The molecule has 0 aliphatic carbocycles. The average molecular weight is 568 g/mol. The van der Waals surface area contributed by atoms with Gasteiger partial charge in [-0.1, -0.05) is 26.7 Å². The number of rotatable bonds is 30. The number of ether oxygens (including phenoxy) is 8. The maximum atomic E-state index is 12.0. The molecule has 0 spiro atoms. The lowest BCUT2D eigenvalue weighted by molar-refractivity contribution is -0.150. The van der Waals surface area contributed by atoms with Crippen LogP contribution in [0.4, 0.5) is 0 Å². The minimum atomic E-state index is -1.12. The third-order valence-electron chi connectivity index (χ3n) is 5.09. The molecule has 0 saturated carbocycles. The number of amides is 1. The van der Waals surface area contributed by atoms with Crippen molar-refractivity contribution in [2.45, 2.75) is 39.5 Å². The van der Waals surface area contributed by atoms with Crippen LogP contribution in [0.5, 0.6) is 0 Å². The third-order valence-corrected chi connectivity index (χ3v) is 5.09. The first kappa shape index (κ1) is 37.1. The zero-order chi connectivity index (χ0) is 28.8. The van der Waals surface area contributed by atoms with Crippen LogP contribution in [0.1, 0.15) is 39.5 Å². The predicted molar refractivity (Wildman–Crippen MR) is 141 cm³/mol. The Morgan fingerprint density at radius 2 is 1.10 bits per heavy atom. The van der Waals surface area contributed by atoms with Gasteiger partial charge in [0.05, 0.1) is 85.2 Å². The average Bonchev–Trinajstić information content (AvgIpc) is 2.91. The van der Waals surface area contributed by atoms with Crippen molar-refractivity contribution in [3.05, 3.63) is 0 Å². The predicted octanol–water partition coefficient (Wildman–Crippen LogP) is 1.06. The van der Waals surface area contributed by atoms with Crippen LogP contribution in [0, 0.1) is 5.92 Å². The highest BCUT2D eigenvalue weighted by atomic mass is 16.6. The Bertz CT molecular complexity index is 593. The number of aliphatic carboxylic acids is 1. The quantitative estimate of drug-likeness (QED) is 0.0941. The molecule has 0 heterocycles. The number of carboxylic acids is 1. The number of carbonyl (C=O) groups excluding carboxylic acids is 2. The fourth-order valence-corrected chi connectivity index (χ4v) is 3.00. The van der Waals surface area contributed by atoms with Crippen LogP contribution in [0.2, 0.25) is 0 Å². The van der Waals surface area contributed by atoms with Crippen molar-refractivity contribution < 1.29 is 57.4 Å². The Kier molecular flexibility index (Phi) is 27.7. The van der Waals surface area contributed by atoms with Crippen LogP contribution in [-0.4, -0.2) is 129 Å². The minimum Gasteiger partial charge on any atom is -0.480 e. The van der Waals surface area contributed by atoms with Crippen LogP contribution < -0.4 is 5.32 Å². The van der Waals surface area contributed by atoms with E-state index < -0.39 is 18.5 Å². The van der Waals surface area contributed by atoms with Crippen molar-refractivity contribution in [3.8, 4) is 0 Å². The largest absolute Gasteiger partial charge is 0.480 e. The molecule has 0 aromatic rings. The van der Waals surface area contributed by atoms with Crippen molar-refractivity contribution in [1.82, 2.24) is 5.32 Å². The highest BCUT2D eigenvalue weighted by Crippen LogP contribution is 2.14. The molecule has 0 rings (SSSR count). The second-order valence-electron chi connectivity index (χ2n) is 8.33. The summed E-state index contributed by atoms with van der Waals surface area (Å²) in [7, 11) is 0. The van der Waals surface area contributed by atoms with E-state index in [1.54, 1.807) is 0 Å². The van der Waals surface area contributed by atoms with E-state index in [-0.39, 0.29) is 25.1 Å². The van der Waals surface area contributed by atoms with Gasteiger partial charge in [0, 0.05) is 6.54 Å². The Morgan fingerprint density at radius 1 is 0.641 bits per heavy atom. The van der Waals surface area contributed by atoms with E-state index in [0.29, 0.717) is 85.8 Å². The first-order valence-corrected chi connectivity index (χ1v) is 13.7. The maximum absolute atomic E-state index is 12.0. The molecule has 2 N–H and O–H groups in total. The second-order valence-corrected chi connectivity index (χ2v) is 8.33. The van der Waals surface area contributed by atoms with E-state index in [1.807, 2.05) is 6.92 Å². The Morgan fingerprint density at radius 3 is 1.54 bits per heavy atom. The molecule has 0 aromatic heterocycles. The number of nitrogens with one attached hydrogen (secondary N) is 1. The van der Waals surface area contributed by atoms with Crippen LogP contribution >= 0.6 is 0 Å². The van der Waals surface area contributed by atoms with Crippen molar-refractivity contribution in [1.29, 1.82) is 0 Å². The lowest BCUT2D eigenvalue weighted by atomic mass is 10.00. The fraction of sp³-hybridized carbons (Fsp3) is 0.885. The number of carboxylic acid groups (broad SMARTS) is 1. The van der Waals surface area contributed by atoms with Gasteiger partial charge in [-0.2, -0.15) is 0 Å². The lowest BCUT2D eigenvalue weighted by Crippen LogP contribution is -2.31. The molecule has 0 aromatic carbocycles. The maximum Gasteiger partial charge on any atom is 0.329 e. The molecule has 39 heavy (non-hydrogen) atoms. The van der Waals surface area contributed by atoms with E-state index in [0.717, 1.165) is 25.7 Å². The summed E-state index contributed by atoms with van der Waals surface area (Å²) in [6.07, 6.45) is 3.80. The van der Waals surface area contributed by atoms with Crippen LogP contribution in [-0.2, 0) is 52.3 Å². The molecule has 1 unspecified atom stereocenters.